The number of hydrogen-bond donors (Lipinski definition) is 2. The summed E-state index contributed by atoms with van der Waals surface area (Å²) in [6.45, 7) is 4.64. The van der Waals surface area contributed by atoms with Crippen molar-refractivity contribution in [2.24, 2.45) is 0 Å². The molecular formula is C9H17N3O. The summed E-state index contributed by atoms with van der Waals surface area (Å²) in [7, 11) is 0. The Bertz CT molecular complexity index is 189. The van der Waals surface area contributed by atoms with Crippen LogP contribution in [0, 0.1) is 0 Å². The number of rotatable bonds is 1. The summed E-state index contributed by atoms with van der Waals surface area (Å²) in [4.78, 5) is 13.6. The number of amides is 1. The standard InChI is InChI=1S/C9H17N3O/c13-9-7-12(5-1-3-11-9)8-2-4-10-6-8/h8,10H,1-7H2,(H,11,13). The Kier molecular flexibility index (Phi) is 2.80. The Hall–Kier alpha value is -0.610. The van der Waals surface area contributed by atoms with Gasteiger partial charge >= 0.3 is 0 Å². The fourth-order valence-electron chi connectivity index (χ4n) is 2.09. The van der Waals surface area contributed by atoms with E-state index in [1.54, 1.807) is 0 Å². The van der Waals surface area contributed by atoms with E-state index in [4.69, 9.17) is 0 Å². The van der Waals surface area contributed by atoms with Crippen molar-refractivity contribution in [3.8, 4) is 0 Å². The molecular weight excluding hydrogens is 166 g/mol. The third kappa shape index (κ3) is 2.19. The van der Waals surface area contributed by atoms with Gasteiger partial charge in [0.05, 0.1) is 6.54 Å². The first kappa shape index (κ1) is 8.97. The van der Waals surface area contributed by atoms with E-state index in [0.29, 0.717) is 12.6 Å². The molecule has 4 heteroatoms. The Labute approximate surface area is 78.7 Å². The van der Waals surface area contributed by atoms with Gasteiger partial charge in [-0.1, -0.05) is 0 Å². The molecule has 74 valence electrons. The van der Waals surface area contributed by atoms with Crippen LogP contribution in [0.15, 0.2) is 0 Å². The van der Waals surface area contributed by atoms with Crippen LogP contribution >= 0.6 is 0 Å². The van der Waals surface area contributed by atoms with Crippen LogP contribution in [-0.4, -0.2) is 49.6 Å². The van der Waals surface area contributed by atoms with Gasteiger partial charge in [-0.25, -0.2) is 0 Å². The lowest BCUT2D eigenvalue weighted by molar-refractivity contribution is -0.121. The lowest BCUT2D eigenvalue weighted by atomic mass is 10.2. The zero-order valence-corrected chi connectivity index (χ0v) is 7.88. The van der Waals surface area contributed by atoms with E-state index in [9.17, 15) is 4.79 Å². The van der Waals surface area contributed by atoms with Crippen LogP contribution in [0.4, 0.5) is 0 Å². The van der Waals surface area contributed by atoms with Gasteiger partial charge in [-0.3, -0.25) is 9.69 Å². The maximum atomic E-state index is 11.3. The number of nitrogens with zero attached hydrogens (tertiary/aromatic N) is 1. The number of hydrogen-bond acceptors (Lipinski definition) is 3. The van der Waals surface area contributed by atoms with Gasteiger partial charge in [-0.2, -0.15) is 0 Å². The van der Waals surface area contributed by atoms with Crippen LogP contribution in [0.5, 0.6) is 0 Å². The monoisotopic (exact) mass is 183 g/mol. The van der Waals surface area contributed by atoms with Crippen molar-refractivity contribution in [1.82, 2.24) is 15.5 Å². The molecule has 0 aliphatic carbocycles. The Balaban J connectivity index is 1.92. The molecule has 1 atom stereocenters. The van der Waals surface area contributed by atoms with E-state index >= 15 is 0 Å². The summed E-state index contributed by atoms with van der Waals surface area (Å²) >= 11 is 0. The minimum Gasteiger partial charge on any atom is -0.355 e. The number of carbonyl (C=O) groups is 1. The van der Waals surface area contributed by atoms with E-state index in [-0.39, 0.29) is 5.91 Å². The molecule has 2 rings (SSSR count). The van der Waals surface area contributed by atoms with Crippen LogP contribution in [0.25, 0.3) is 0 Å². The second kappa shape index (κ2) is 4.07. The highest BCUT2D eigenvalue weighted by molar-refractivity contribution is 5.78. The highest BCUT2D eigenvalue weighted by atomic mass is 16.2. The fraction of sp³-hybridized carbons (Fsp3) is 0.889. The second-order valence-corrected chi connectivity index (χ2v) is 3.82. The summed E-state index contributed by atoms with van der Waals surface area (Å²) in [5.74, 6) is 0.185. The highest BCUT2D eigenvalue weighted by Gasteiger charge is 2.24. The van der Waals surface area contributed by atoms with E-state index in [2.05, 4.69) is 15.5 Å². The average molecular weight is 183 g/mol. The molecule has 2 saturated heterocycles. The maximum Gasteiger partial charge on any atom is 0.234 e. The van der Waals surface area contributed by atoms with Crippen molar-refractivity contribution in [1.29, 1.82) is 0 Å². The molecule has 2 fully saturated rings. The quantitative estimate of drug-likeness (QED) is 0.558. The third-order valence-corrected chi connectivity index (χ3v) is 2.84. The van der Waals surface area contributed by atoms with Crippen LogP contribution in [0.3, 0.4) is 0 Å². The van der Waals surface area contributed by atoms with E-state index in [0.717, 1.165) is 32.6 Å². The van der Waals surface area contributed by atoms with Crippen molar-refractivity contribution in [3.05, 3.63) is 0 Å². The first-order valence-corrected chi connectivity index (χ1v) is 5.08. The smallest absolute Gasteiger partial charge is 0.234 e. The normalized spacial score (nSPS) is 31.4. The Morgan fingerprint density at radius 3 is 3.08 bits per heavy atom. The minimum absolute atomic E-state index is 0.185. The predicted octanol–water partition coefficient (Wildman–Crippen LogP) is -0.830. The van der Waals surface area contributed by atoms with Crippen LogP contribution in [0.2, 0.25) is 0 Å². The lowest BCUT2D eigenvalue weighted by Gasteiger charge is -2.24. The van der Waals surface area contributed by atoms with Gasteiger partial charge < -0.3 is 10.6 Å². The summed E-state index contributed by atoms with van der Waals surface area (Å²) in [6, 6.07) is 0.587. The molecule has 1 amide bonds. The molecule has 2 N–H and O–H groups in total. The average Bonchev–Trinajstić information content (AvgIpc) is 2.56. The first-order valence-electron chi connectivity index (χ1n) is 5.08. The van der Waals surface area contributed by atoms with Crippen molar-refractivity contribution in [2.45, 2.75) is 18.9 Å². The molecule has 1 unspecified atom stereocenters. The Morgan fingerprint density at radius 1 is 1.38 bits per heavy atom. The minimum atomic E-state index is 0.185. The largest absolute Gasteiger partial charge is 0.355 e. The topological polar surface area (TPSA) is 44.4 Å². The van der Waals surface area contributed by atoms with Crippen molar-refractivity contribution in [2.75, 3.05) is 32.7 Å². The molecule has 4 nitrogen and oxygen atoms in total. The molecule has 2 aliphatic rings. The van der Waals surface area contributed by atoms with Gasteiger partial charge in [0, 0.05) is 25.7 Å². The molecule has 0 aromatic carbocycles. The van der Waals surface area contributed by atoms with Gasteiger partial charge in [0.1, 0.15) is 0 Å². The summed E-state index contributed by atoms with van der Waals surface area (Å²) in [5, 5.41) is 6.23. The van der Waals surface area contributed by atoms with Gasteiger partial charge in [-0.15, -0.1) is 0 Å². The zero-order chi connectivity index (χ0) is 9.10. The molecule has 0 spiro atoms. The molecule has 0 bridgehead atoms. The van der Waals surface area contributed by atoms with Crippen LogP contribution in [-0.2, 0) is 4.79 Å². The summed E-state index contributed by atoms with van der Waals surface area (Å²) < 4.78 is 0. The Morgan fingerprint density at radius 2 is 2.31 bits per heavy atom. The molecule has 0 saturated carbocycles. The first-order chi connectivity index (χ1) is 6.36. The van der Waals surface area contributed by atoms with Gasteiger partial charge in [-0.05, 0) is 19.4 Å². The SMILES string of the molecule is O=C1CN(C2CCNC2)CCCN1. The van der Waals surface area contributed by atoms with Gasteiger partial charge in [0.15, 0.2) is 0 Å². The van der Waals surface area contributed by atoms with Crippen LogP contribution < -0.4 is 10.6 Å². The van der Waals surface area contributed by atoms with E-state index < -0.39 is 0 Å². The molecule has 2 heterocycles. The van der Waals surface area contributed by atoms with Crippen molar-refractivity contribution >= 4 is 5.91 Å². The maximum absolute atomic E-state index is 11.3. The molecule has 13 heavy (non-hydrogen) atoms. The molecule has 0 aromatic heterocycles. The molecule has 2 aliphatic heterocycles. The van der Waals surface area contributed by atoms with Crippen LogP contribution in [0.1, 0.15) is 12.8 Å². The van der Waals surface area contributed by atoms with E-state index in [1.807, 2.05) is 0 Å². The highest BCUT2D eigenvalue weighted by Crippen LogP contribution is 2.09. The van der Waals surface area contributed by atoms with Crippen molar-refractivity contribution in [3.63, 3.8) is 0 Å². The van der Waals surface area contributed by atoms with Gasteiger partial charge in [0.2, 0.25) is 5.91 Å². The predicted molar refractivity (Wildman–Crippen MR) is 50.5 cm³/mol. The number of nitrogens with one attached hydrogen (secondary N) is 2. The fourth-order valence-corrected chi connectivity index (χ4v) is 2.09. The zero-order valence-electron chi connectivity index (χ0n) is 7.88. The van der Waals surface area contributed by atoms with Gasteiger partial charge in [0.25, 0.3) is 0 Å². The second-order valence-electron chi connectivity index (χ2n) is 3.82. The summed E-state index contributed by atoms with van der Waals surface area (Å²) in [5.41, 5.74) is 0. The molecule has 0 aromatic rings. The summed E-state index contributed by atoms with van der Waals surface area (Å²) in [6.07, 6.45) is 2.27. The van der Waals surface area contributed by atoms with Crippen molar-refractivity contribution < 1.29 is 4.79 Å². The number of carbonyl (C=O) groups excluding carboxylic acids is 1. The molecule has 0 radical (unpaired) electrons. The lowest BCUT2D eigenvalue weighted by Crippen LogP contribution is -2.41. The third-order valence-electron chi connectivity index (χ3n) is 2.84. The van der Waals surface area contributed by atoms with E-state index in [1.165, 1.54) is 6.42 Å².